The Morgan fingerprint density at radius 3 is 2.52 bits per heavy atom. The van der Waals surface area contributed by atoms with Gasteiger partial charge in [0, 0.05) is 6.08 Å². The van der Waals surface area contributed by atoms with Gasteiger partial charge in [0.05, 0.1) is 24.4 Å². The molecule has 0 unspecified atom stereocenters. The molecule has 1 aliphatic rings. The van der Waals surface area contributed by atoms with Gasteiger partial charge in [-0.2, -0.15) is 0 Å². The van der Waals surface area contributed by atoms with E-state index in [1.807, 2.05) is 0 Å². The van der Waals surface area contributed by atoms with E-state index < -0.39 is 17.6 Å². The Kier molecular flexibility index (Phi) is 5.58. The molecule has 0 aromatic carbocycles. The number of allylic oxidation sites excluding steroid dienone is 4. The van der Waals surface area contributed by atoms with Gasteiger partial charge in [-0.05, 0) is 20.8 Å². The summed E-state index contributed by atoms with van der Waals surface area (Å²) in [5.41, 5.74) is 0.0420. The maximum absolute atomic E-state index is 13.9. The molecule has 4 nitrogen and oxygen atoms in total. The van der Waals surface area contributed by atoms with Gasteiger partial charge in [0.15, 0.2) is 11.5 Å². The van der Waals surface area contributed by atoms with E-state index in [9.17, 15) is 18.4 Å². The Hall–Kier alpha value is -2.24. The van der Waals surface area contributed by atoms with Crippen LogP contribution in [0.15, 0.2) is 47.4 Å². The van der Waals surface area contributed by atoms with Crippen LogP contribution in [0.2, 0.25) is 0 Å². The smallest absolute Gasteiger partial charge is 0.294 e. The number of carbonyl (C=O) groups is 2. The van der Waals surface area contributed by atoms with Crippen LogP contribution in [0.25, 0.3) is 0 Å². The monoisotopic (exact) mass is 297 g/mol. The van der Waals surface area contributed by atoms with Crippen molar-refractivity contribution in [3.8, 4) is 0 Å². The van der Waals surface area contributed by atoms with Crippen LogP contribution in [0, 0.1) is 0 Å². The van der Waals surface area contributed by atoms with Crippen LogP contribution in [0.5, 0.6) is 0 Å². The first-order valence-corrected chi connectivity index (χ1v) is 6.40. The third-order valence-corrected chi connectivity index (χ3v) is 2.84. The normalized spacial score (nSPS) is 16.6. The molecule has 0 aliphatic carbocycles. The second-order valence-corrected chi connectivity index (χ2v) is 4.30. The van der Waals surface area contributed by atoms with Crippen molar-refractivity contribution in [2.45, 2.75) is 20.8 Å². The molecule has 1 heterocycles. The van der Waals surface area contributed by atoms with Gasteiger partial charge < -0.3 is 4.74 Å². The molecule has 114 valence electrons. The summed E-state index contributed by atoms with van der Waals surface area (Å²) in [5.74, 6) is -2.95. The molecule has 0 aromatic heterocycles. The SMILES string of the molecule is C=C(F)/C=C(F)\C(=C/C)N1CC(C(C)=O)=C(OCC)C1=O. The minimum Gasteiger partial charge on any atom is -0.488 e. The average molecular weight is 297 g/mol. The number of ketones is 1. The van der Waals surface area contributed by atoms with E-state index >= 15 is 0 Å². The van der Waals surface area contributed by atoms with Gasteiger partial charge in [-0.15, -0.1) is 0 Å². The minimum absolute atomic E-state index is 0.0868. The van der Waals surface area contributed by atoms with Crippen molar-refractivity contribution < 1.29 is 23.1 Å². The van der Waals surface area contributed by atoms with E-state index in [0.29, 0.717) is 6.08 Å². The molecule has 0 bridgehead atoms. The number of Topliss-reactive ketones (excluding diaryl/α,β-unsaturated/α-hetero) is 1. The van der Waals surface area contributed by atoms with Crippen molar-refractivity contribution in [2.24, 2.45) is 0 Å². The molecule has 0 atom stereocenters. The molecule has 21 heavy (non-hydrogen) atoms. The van der Waals surface area contributed by atoms with Crippen LogP contribution < -0.4 is 0 Å². The molecule has 0 fully saturated rings. The van der Waals surface area contributed by atoms with Crippen molar-refractivity contribution in [3.05, 3.63) is 47.4 Å². The molecule has 0 spiro atoms. The van der Waals surface area contributed by atoms with Gasteiger partial charge in [-0.25, -0.2) is 8.78 Å². The third-order valence-electron chi connectivity index (χ3n) is 2.84. The van der Waals surface area contributed by atoms with E-state index in [2.05, 4.69) is 6.58 Å². The molecule has 0 saturated heterocycles. The number of nitrogens with zero attached hydrogens (tertiary/aromatic N) is 1. The van der Waals surface area contributed by atoms with Crippen molar-refractivity contribution in [1.29, 1.82) is 0 Å². The predicted molar refractivity (Wildman–Crippen MR) is 74.2 cm³/mol. The molecule has 6 heteroatoms. The quantitative estimate of drug-likeness (QED) is 0.708. The lowest BCUT2D eigenvalue weighted by atomic mass is 10.2. The van der Waals surface area contributed by atoms with Gasteiger partial charge >= 0.3 is 0 Å². The second-order valence-electron chi connectivity index (χ2n) is 4.30. The van der Waals surface area contributed by atoms with Gasteiger partial charge in [-0.3, -0.25) is 14.5 Å². The van der Waals surface area contributed by atoms with Crippen LogP contribution >= 0.6 is 0 Å². The maximum atomic E-state index is 13.9. The minimum atomic E-state index is -0.969. The Morgan fingerprint density at radius 2 is 2.10 bits per heavy atom. The highest BCUT2D eigenvalue weighted by Gasteiger charge is 2.36. The topological polar surface area (TPSA) is 46.6 Å². The molecule has 0 aromatic rings. The zero-order valence-corrected chi connectivity index (χ0v) is 12.2. The lowest BCUT2D eigenvalue weighted by Gasteiger charge is -2.18. The van der Waals surface area contributed by atoms with Crippen LogP contribution in [0.1, 0.15) is 20.8 Å². The molecule has 0 N–H and O–H groups in total. The zero-order valence-electron chi connectivity index (χ0n) is 12.2. The Morgan fingerprint density at radius 1 is 1.48 bits per heavy atom. The number of hydrogen-bond donors (Lipinski definition) is 0. The van der Waals surface area contributed by atoms with Gasteiger partial charge in [-0.1, -0.05) is 12.7 Å². The fraction of sp³-hybridized carbons (Fsp3) is 0.333. The Labute approximate surface area is 122 Å². The highest BCUT2D eigenvalue weighted by atomic mass is 19.1. The van der Waals surface area contributed by atoms with Crippen molar-refractivity contribution in [3.63, 3.8) is 0 Å². The van der Waals surface area contributed by atoms with Gasteiger partial charge in [0.1, 0.15) is 11.7 Å². The van der Waals surface area contributed by atoms with Crippen LogP contribution in [-0.4, -0.2) is 29.7 Å². The Balaban J connectivity index is 3.16. The summed E-state index contributed by atoms with van der Waals surface area (Å²) in [6.07, 6.45) is 1.90. The van der Waals surface area contributed by atoms with E-state index in [0.717, 1.165) is 4.90 Å². The predicted octanol–water partition coefficient (Wildman–Crippen LogP) is 2.95. The van der Waals surface area contributed by atoms with E-state index in [1.54, 1.807) is 6.92 Å². The number of amides is 1. The lowest BCUT2D eigenvalue weighted by molar-refractivity contribution is -0.127. The molecule has 1 rings (SSSR count). The summed E-state index contributed by atoms with van der Waals surface area (Å²) in [5, 5.41) is 0. The van der Waals surface area contributed by atoms with E-state index in [4.69, 9.17) is 4.74 Å². The number of rotatable bonds is 6. The summed E-state index contributed by atoms with van der Waals surface area (Å²) < 4.78 is 31.8. The van der Waals surface area contributed by atoms with Crippen molar-refractivity contribution >= 4 is 11.7 Å². The highest BCUT2D eigenvalue weighted by Crippen LogP contribution is 2.28. The number of ether oxygens (including phenoxy) is 1. The average Bonchev–Trinajstić information content (AvgIpc) is 2.69. The van der Waals surface area contributed by atoms with E-state index in [1.165, 1.54) is 19.9 Å². The summed E-state index contributed by atoms with van der Waals surface area (Å²) in [4.78, 5) is 24.8. The second kappa shape index (κ2) is 6.97. The van der Waals surface area contributed by atoms with Crippen LogP contribution in [-0.2, 0) is 14.3 Å². The molecule has 1 amide bonds. The summed E-state index contributed by atoms with van der Waals surface area (Å²) >= 11 is 0. The molecular weight excluding hydrogens is 280 g/mol. The van der Waals surface area contributed by atoms with Crippen LogP contribution in [0.4, 0.5) is 8.78 Å². The van der Waals surface area contributed by atoms with E-state index in [-0.39, 0.29) is 36.0 Å². The lowest BCUT2D eigenvalue weighted by Crippen LogP contribution is -2.27. The van der Waals surface area contributed by atoms with Crippen molar-refractivity contribution in [2.75, 3.05) is 13.2 Å². The zero-order chi connectivity index (χ0) is 16.2. The summed E-state index contributed by atoms with van der Waals surface area (Å²) in [6.45, 7) is 7.52. The largest absolute Gasteiger partial charge is 0.488 e. The standard InChI is InChI=1S/C15H17F2NO3/c1-5-13(12(17)7-9(3)16)18-8-11(10(4)19)14(15(18)20)21-6-2/h5,7H,3,6,8H2,1-2,4H3/b12-7+,13-5+. The molecule has 0 radical (unpaired) electrons. The molecule has 0 saturated carbocycles. The highest BCUT2D eigenvalue weighted by molar-refractivity contribution is 6.08. The van der Waals surface area contributed by atoms with Crippen molar-refractivity contribution in [1.82, 2.24) is 4.90 Å². The number of carbonyl (C=O) groups excluding carboxylic acids is 2. The fourth-order valence-electron chi connectivity index (χ4n) is 1.95. The number of hydrogen-bond acceptors (Lipinski definition) is 3. The first-order chi connectivity index (χ1) is 9.83. The number of halogens is 2. The molecule has 1 aliphatic heterocycles. The maximum Gasteiger partial charge on any atom is 0.294 e. The third kappa shape index (κ3) is 3.65. The Bertz CT molecular complexity index is 573. The summed E-state index contributed by atoms with van der Waals surface area (Å²) in [6, 6.07) is 0. The first kappa shape index (κ1) is 16.8. The van der Waals surface area contributed by atoms with Gasteiger partial charge in [0.25, 0.3) is 5.91 Å². The fourth-order valence-corrected chi connectivity index (χ4v) is 1.95. The molecular formula is C15H17F2NO3. The van der Waals surface area contributed by atoms with Gasteiger partial charge in [0.2, 0.25) is 0 Å². The van der Waals surface area contributed by atoms with Crippen LogP contribution in [0.3, 0.4) is 0 Å². The first-order valence-electron chi connectivity index (χ1n) is 6.40. The summed E-state index contributed by atoms with van der Waals surface area (Å²) in [7, 11) is 0.